The Hall–Kier alpha value is -2.95. The molecular weight excluding hydrogens is 566 g/mol. The summed E-state index contributed by atoms with van der Waals surface area (Å²) in [6.07, 6.45) is 6.57. The average Bonchev–Trinajstić information content (AvgIpc) is 3.67. The predicted octanol–water partition coefficient (Wildman–Crippen LogP) is 3.17. The number of anilines is 1. The molecule has 3 aromatic rings. The van der Waals surface area contributed by atoms with E-state index in [2.05, 4.69) is 21.4 Å². The highest BCUT2D eigenvalue weighted by Crippen LogP contribution is 2.44. The Bertz CT molecular complexity index is 1590. The fraction of sp³-hybridized carbons (Fsp3) is 0.536. The number of aryl methyl sites for hydroxylation is 1. The third-order valence-electron chi connectivity index (χ3n) is 8.69. The van der Waals surface area contributed by atoms with Gasteiger partial charge in [-0.2, -0.15) is 15.5 Å². The van der Waals surface area contributed by atoms with Gasteiger partial charge in [0.25, 0.3) is 0 Å². The van der Waals surface area contributed by atoms with Gasteiger partial charge in [-0.05, 0) is 63.3 Å². The smallest absolute Gasteiger partial charge is 0.184 e. The van der Waals surface area contributed by atoms with Gasteiger partial charge in [-0.3, -0.25) is 5.32 Å². The van der Waals surface area contributed by atoms with Gasteiger partial charge in [0.05, 0.1) is 44.7 Å². The van der Waals surface area contributed by atoms with Gasteiger partial charge in [0, 0.05) is 38.2 Å². The Morgan fingerprint density at radius 2 is 2.02 bits per heavy atom. The van der Waals surface area contributed by atoms with Crippen LogP contribution in [0.2, 0.25) is 5.02 Å². The molecule has 0 spiro atoms. The minimum absolute atomic E-state index is 0.114. The number of nitriles is 1. The highest BCUT2D eigenvalue weighted by Gasteiger charge is 2.58. The number of halogens is 1. The zero-order valence-corrected chi connectivity index (χ0v) is 24.3. The summed E-state index contributed by atoms with van der Waals surface area (Å²) in [6, 6.07) is 11.1. The first-order chi connectivity index (χ1) is 19.8. The standard InChI is InChI=1S/C28H32ClN7O4S/c1-18-13-25(36(33-18)19-5-11-39-12-6-19)34-16-21(15-23(34)26-27(40-26)32-28(17-30)7-8-28)41(37,38)24-4-3-20(14-22(24)29)35-10-2-9-31-35/h2-4,9-10,13-14,19,21,23,26-27,32H,5-8,11-12,15-16H2,1H3/t21-,23+,26?,27?/m1/s1. The van der Waals surface area contributed by atoms with Crippen LogP contribution in [-0.4, -0.2) is 76.9 Å². The second kappa shape index (κ2) is 10.1. The van der Waals surface area contributed by atoms with Crippen LogP contribution in [0.5, 0.6) is 0 Å². The molecule has 1 aliphatic carbocycles. The van der Waals surface area contributed by atoms with Crippen molar-refractivity contribution in [1.29, 1.82) is 5.26 Å². The van der Waals surface area contributed by atoms with Crippen molar-refractivity contribution in [2.24, 2.45) is 0 Å². The van der Waals surface area contributed by atoms with E-state index in [1.54, 1.807) is 41.3 Å². The van der Waals surface area contributed by atoms with E-state index in [1.165, 1.54) is 0 Å². The maximum absolute atomic E-state index is 14.1. The number of hydrogen-bond donors (Lipinski definition) is 1. The zero-order chi connectivity index (χ0) is 28.4. The molecule has 13 heteroatoms. The summed E-state index contributed by atoms with van der Waals surface area (Å²) >= 11 is 6.60. The van der Waals surface area contributed by atoms with Gasteiger partial charge < -0.3 is 14.4 Å². The lowest BCUT2D eigenvalue weighted by molar-refractivity contribution is 0.0664. The molecule has 5 heterocycles. The van der Waals surface area contributed by atoms with E-state index in [9.17, 15) is 13.7 Å². The van der Waals surface area contributed by atoms with Crippen molar-refractivity contribution in [3.8, 4) is 11.8 Å². The topological polar surface area (TPSA) is 131 Å². The molecule has 7 rings (SSSR count). The molecule has 0 radical (unpaired) electrons. The molecule has 3 saturated heterocycles. The molecule has 1 aromatic carbocycles. The summed E-state index contributed by atoms with van der Waals surface area (Å²) in [5.74, 6) is 0.896. The molecule has 4 aliphatic rings. The van der Waals surface area contributed by atoms with Crippen molar-refractivity contribution in [1.82, 2.24) is 24.9 Å². The van der Waals surface area contributed by atoms with Gasteiger partial charge in [-0.15, -0.1) is 0 Å². The summed E-state index contributed by atoms with van der Waals surface area (Å²) in [7, 11) is -3.79. The first-order valence-corrected chi connectivity index (χ1v) is 16.0. The molecule has 4 atom stereocenters. The van der Waals surface area contributed by atoms with Crippen LogP contribution in [0.3, 0.4) is 0 Å². The van der Waals surface area contributed by atoms with Gasteiger partial charge >= 0.3 is 0 Å². The molecule has 3 aliphatic heterocycles. The van der Waals surface area contributed by atoms with Crippen LogP contribution in [0.15, 0.2) is 47.6 Å². The van der Waals surface area contributed by atoms with E-state index in [4.69, 9.17) is 26.2 Å². The number of aromatic nitrogens is 4. The van der Waals surface area contributed by atoms with Gasteiger partial charge in [0.15, 0.2) is 9.84 Å². The minimum Gasteiger partial charge on any atom is -0.381 e. The summed E-state index contributed by atoms with van der Waals surface area (Å²) in [4.78, 5) is 2.27. The number of ether oxygens (including phenoxy) is 2. The number of nitrogens with one attached hydrogen (secondary N) is 1. The molecular formula is C28H32ClN7O4S. The van der Waals surface area contributed by atoms with Gasteiger partial charge in [0.1, 0.15) is 23.7 Å². The summed E-state index contributed by atoms with van der Waals surface area (Å²) in [5.41, 5.74) is 1.03. The SMILES string of the molecule is Cc1cc(N2C[C@H](S(=O)(=O)c3ccc(-n4cccn4)cc3Cl)C[C@H]2C2OC2NC2(C#N)CC2)n(C2CCOCC2)n1. The lowest BCUT2D eigenvalue weighted by Gasteiger charge is -2.30. The molecule has 1 saturated carbocycles. The Morgan fingerprint density at radius 3 is 2.71 bits per heavy atom. The highest BCUT2D eigenvalue weighted by molar-refractivity contribution is 7.92. The van der Waals surface area contributed by atoms with Crippen molar-refractivity contribution in [3.63, 3.8) is 0 Å². The first-order valence-electron chi connectivity index (χ1n) is 14.1. The molecule has 4 fully saturated rings. The summed E-state index contributed by atoms with van der Waals surface area (Å²) in [6.45, 7) is 3.59. The molecule has 216 valence electrons. The maximum atomic E-state index is 14.1. The van der Waals surface area contributed by atoms with E-state index in [0.29, 0.717) is 25.3 Å². The second-order valence-corrected chi connectivity index (χ2v) is 14.1. The predicted molar refractivity (Wildman–Crippen MR) is 151 cm³/mol. The fourth-order valence-corrected chi connectivity index (χ4v) is 8.48. The zero-order valence-electron chi connectivity index (χ0n) is 22.7. The van der Waals surface area contributed by atoms with Crippen LogP contribution in [0.4, 0.5) is 5.82 Å². The largest absolute Gasteiger partial charge is 0.381 e. The van der Waals surface area contributed by atoms with Crippen LogP contribution < -0.4 is 10.2 Å². The summed E-state index contributed by atoms with van der Waals surface area (Å²) in [5, 5.41) is 21.5. The van der Waals surface area contributed by atoms with E-state index in [1.807, 2.05) is 17.7 Å². The Morgan fingerprint density at radius 1 is 1.22 bits per heavy atom. The van der Waals surface area contributed by atoms with Crippen LogP contribution in [0, 0.1) is 18.3 Å². The molecule has 41 heavy (non-hydrogen) atoms. The van der Waals surface area contributed by atoms with E-state index >= 15 is 0 Å². The third kappa shape index (κ3) is 4.93. The Kier molecular flexibility index (Phi) is 6.63. The second-order valence-electron chi connectivity index (χ2n) is 11.5. The monoisotopic (exact) mass is 597 g/mol. The van der Waals surface area contributed by atoms with Gasteiger partial charge in [-0.25, -0.2) is 17.8 Å². The molecule has 0 amide bonds. The molecule has 2 aromatic heterocycles. The van der Waals surface area contributed by atoms with Gasteiger partial charge in [0.2, 0.25) is 0 Å². The number of sulfone groups is 1. The van der Waals surface area contributed by atoms with E-state index < -0.39 is 20.6 Å². The highest BCUT2D eigenvalue weighted by atomic mass is 35.5. The Labute approximate surface area is 243 Å². The molecule has 2 unspecified atom stereocenters. The van der Waals surface area contributed by atoms with Crippen LogP contribution in [0.1, 0.15) is 43.8 Å². The normalized spacial score (nSPS) is 27.6. The average molecular weight is 598 g/mol. The van der Waals surface area contributed by atoms with Crippen molar-refractivity contribution in [2.75, 3.05) is 24.7 Å². The van der Waals surface area contributed by atoms with Crippen LogP contribution >= 0.6 is 11.6 Å². The lowest BCUT2D eigenvalue weighted by atomic mass is 10.1. The lowest BCUT2D eigenvalue weighted by Crippen LogP contribution is -2.41. The number of benzene rings is 1. The van der Waals surface area contributed by atoms with Gasteiger partial charge in [-0.1, -0.05) is 11.6 Å². The van der Waals surface area contributed by atoms with Crippen molar-refractivity contribution in [2.45, 2.75) is 79.1 Å². The maximum Gasteiger partial charge on any atom is 0.184 e. The van der Waals surface area contributed by atoms with Crippen molar-refractivity contribution >= 4 is 27.3 Å². The van der Waals surface area contributed by atoms with Crippen LogP contribution in [-0.2, 0) is 19.3 Å². The third-order valence-corrected chi connectivity index (χ3v) is 11.3. The van der Waals surface area contributed by atoms with Crippen molar-refractivity contribution < 1.29 is 17.9 Å². The first kappa shape index (κ1) is 26.9. The number of hydrogen-bond acceptors (Lipinski definition) is 9. The number of nitrogens with zero attached hydrogens (tertiary/aromatic N) is 6. The van der Waals surface area contributed by atoms with Crippen molar-refractivity contribution in [3.05, 3.63) is 53.4 Å². The number of rotatable bonds is 8. The quantitative estimate of drug-likeness (QED) is 0.389. The molecule has 0 bridgehead atoms. The Balaban J connectivity index is 1.20. The van der Waals surface area contributed by atoms with E-state index in [-0.39, 0.29) is 40.9 Å². The van der Waals surface area contributed by atoms with Crippen LogP contribution in [0.25, 0.3) is 5.69 Å². The summed E-state index contributed by atoms with van der Waals surface area (Å²) < 4.78 is 43.6. The fourth-order valence-electron chi connectivity index (χ4n) is 6.22. The molecule has 1 N–H and O–H groups in total. The molecule has 11 nitrogen and oxygen atoms in total. The van der Waals surface area contributed by atoms with E-state index in [0.717, 1.165) is 37.2 Å². The minimum atomic E-state index is -3.79. The number of epoxide rings is 1.